The van der Waals surface area contributed by atoms with Gasteiger partial charge in [-0.05, 0) is 36.4 Å². The Morgan fingerprint density at radius 3 is 2.23 bits per heavy atom. The maximum absolute atomic E-state index is 12.5. The molecule has 10 heteroatoms. The zero-order chi connectivity index (χ0) is 19.2. The van der Waals surface area contributed by atoms with Crippen molar-refractivity contribution in [2.45, 2.75) is 24.5 Å². The van der Waals surface area contributed by atoms with Crippen molar-refractivity contribution in [2.24, 2.45) is 0 Å². The highest BCUT2D eigenvalue weighted by molar-refractivity contribution is 7.99. The van der Waals surface area contributed by atoms with E-state index in [1.807, 2.05) is 0 Å². The Bertz CT molecular complexity index is 765. The Labute approximate surface area is 151 Å². The molecule has 2 aromatic rings. The van der Waals surface area contributed by atoms with Gasteiger partial charge in [0.05, 0.1) is 11.3 Å². The molecule has 0 spiro atoms. The maximum atomic E-state index is 12.5. The summed E-state index contributed by atoms with van der Waals surface area (Å²) >= 11 is 1.11. The van der Waals surface area contributed by atoms with E-state index in [1.165, 1.54) is 12.1 Å². The number of rotatable bonds is 6. The van der Waals surface area contributed by atoms with Crippen LogP contribution in [-0.2, 0) is 15.8 Å². The molecule has 0 saturated carbocycles. The predicted molar refractivity (Wildman–Crippen MR) is 91.8 cm³/mol. The van der Waals surface area contributed by atoms with E-state index in [4.69, 9.17) is 0 Å². The number of carbonyl (C=O) groups excluding carboxylic acids is 2. The van der Waals surface area contributed by atoms with Crippen LogP contribution in [0, 0.1) is 0 Å². The zero-order valence-electron chi connectivity index (χ0n) is 13.6. The third kappa shape index (κ3) is 6.03. The van der Waals surface area contributed by atoms with Gasteiger partial charge in [0, 0.05) is 12.1 Å². The molecule has 0 saturated heterocycles. The van der Waals surface area contributed by atoms with Gasteiger partial charge < -0.3 is 10.6 Å². The summed E-state index contributed by atoms with van der Waals surface area (Å²) in [6, 6.07) is 7.35. The first-order valence-corrected chi connectivity index (χ1v) is 8.50. The van der Waals surface area contributed by atoms with E-state index in [0.29, 0.717) is 17.3 Å². The number of nitrogens with one attached hydrogen (secondary N) is 2. The molecule has 0 unspecified atom stereocenters. The van der Waals surface area contributed by atoms with Crippen molar-refractivity contribution in [2.75, 3.05) is 16.4 Å². The molecule has 138 valence electrons. The summed E-state index contributed by atoms with van der Waals surface area (Å²) in [4.78, 5) is 23.1. The van der Waals surface area contributed by atoms with E-state index in [1.54, 1.807) is 19.1 Å². The first kappa shape index (κ1) is 19.7. The minimum Gasteiger partial charge on any atom is -0.325 e. The number of anilines is 2. The molecule has 0 fully saturated rings. The van der Waals surface area contributed by atoms with Gasteiger partial charge in [-0.25, -0.2) is 0 Å². The Kier molecular flexibility index (Phi) is 6.56. The summed E-state index contributed by atoms with van der Waals surface area (Å²) in [6.45, 7) is 1.71. The molecule has 2 rings (SSSR count). The fourth-order valence-corrected chi connectivity index (χ4v) is 2.39. The van der Waals surface area contributed by atoms with Gasteiger partial charge in [0.25, 0.3) is 0 Å². The Morgan fingerprint density at radius 2 is 1.69 bits per heavy atom. The summed E-state index contributed by atoms with van der Waals surface area (Å²) < 4.78 is 37.4. The molecule has 2 amide bonds. The molecular weight excluding hydrogens is 369 g/mol. The SMILES string of the molecule is CCC(=O)Nc1ccc(SCC(=O)Nc2ccc(C(F)(F)F)cc2)nn1. The van der Waals surface area contributed by atoms with E-state index < -0.39 is 11.7 Å². The second-order valence-electron chi connectivity index (χ2n) is 5.07. The van der Waals surface area contributed by atoms with Gasteiger partial charge in [-0.2, -0.15) is 13.2 Å². The normalized spacial score (nSPS) is 11.1. The smallest absolute Gasteiger partial charge is 0.325 e. The first-order chi connectivity index (χ1) is 12.3. The molecule has 2 N–H and O–H groups in total. The van der Waals surface area contributed by atoms with Crippen LogP contribution >= 0.6 is 11.8 Å². The standard InChI is InChI=1S/C16H15F3N4O2S/c1-2-13(24)21-12-7-8-15(23-22-12)26-9-14(25)20-11-5-3-10(4-6-11)16(17,18)19/h3-8H,2,9H2,1H3,(H,20,25)(H,21,22,24). The topological polar surface area (TPSA) is 84.0 Å². The molecule has 0 aliphatic carbocycles. The lowest BCUT2D eigenvalue weighted by atomic mass is 10.2. The van der Waals surface area contributed by atoms with Crippen LogP contribution < -0.4 is 10.6 Å². The monoisotopic (exact) mass is 384 g/mol. The number of thioether (sulfide) groups is 1. The lowest BCUT2D eigenvalue weighted by Crippen LogP contribution is -2.14. The maximum Gasteiger partial charge on any atom is 0.416 e. The second kappa shape index (κ2) is 8.65. The third-order valence-electron chi connectivity index (χ3n) is 3.08. The highest BCUT2D eigenvalue weighted by Crippen LogP contribution is 2.29. The summed E-state index contributed by atoms with van der Waals surface area (Å²) in [7, 11) is 0. The average Bonchev–Trinajstić information content (AvgIpc) is 2.60. The Balaban J connectivity index is 1.84. The fourth-order valence-electron chi connectivity index (χ4n) is 1.77. The van der Waals surface area contributed by atoms with E-state index in [2.05, 4.69) is 20.8 Å². The largest absolute Gasteiger partial charge is 0.416 e. The van der Waals surface area contributed by atoms with E-state index in [9.17, 15) is 22.8 Å². The molecule has 1 heterocycles. The number of nitrogens with zero attached hydrogens (tertiary/aromatic N) is 2. The van der Waals surface area contributed by atoms with Gasteiger partial charge in [-0.1, -0.05) is 18.7 Å². The number of carbonyl (C=O) groups is 2. The van der Waals surface area contributed by atoms with Crippen LogP contribution in [0.15, 0.2) is 41.4 Å². The van der Waals surface area contributed by atoms with Crippen LogP contribution in [0.2, 0.25) is 0 Å². The van der Waals surface area contributed by atoms with Crippen molar-refractivity contribution < 1.29 is 22.8 Å². The summed E-state index contributed by atoms with van der Waals surface area (Å²) in [6.07, 6.45) is -4.10. The minimum atomic E-state index is -4.42. The van der Waals surface area contributed by atoms with Crippen molar-refractivity contribution in [3.8, 4) is 0 Å². The van der Waals surface area contributed by atoms with Gasteiger partial charge in [-0.15, -0.1) is 10.2 Å². The van der Waals surface area contributed by atoms with E-state index in [-0.39, 0.29) is 23.3 Å². The number of aromatic nitrogens is 2. The third-order valence-corrected chi connectivity index (χ3v) is 4.00. The van der Waals surface area contributed by atoms with Gasteiger partial charge in [0.2, 0.25) is 11.8 Å². The summed E-state index contributed by atoms with van der Waals surface area (Å²) in [5, 5.41) is 13.2. The van der Waals surface area contributed by atoms with E-state index in [0.717, 1.165) is 23.9 Å². The van der Waals surface area contributed by atoms with Crippen LogP contribution in [0.1, 0.15) is 18.9 Å². The highest BCUT2D eigenvalue weighted by Gasteiger charge is 2.29. The Morgan fingerprint density at radius 1 is 1.00 bits per heavy atom. The number of benzene rings is 1. The van der Waals surface area contributed by atoms with Gasteiger partial charge >= 0.3 is 6.18 Å². The number of hydrogen-bond acceptors (Lipinski definition) is 5. The van der Waals surface area contributed by atoms with Crippen LogP contribution in [0.5, 0.6) is 0 Å². The molecule has 26 heavy (non-hydrogen) atoms. The van der Waals surface area contributed by atoms with Crippen LogP contribution in [-0.4, -0.2) is 27.8 Å². The van der Waals surface area contributed by atoms with E-state index >= 15 is 0 Å². The van der Waals surface area contributed by atoms with Crippen LogP contribution in [0.3, 0.4) is 0 Å². The van der Waals surface area contributed by atoms with Gasteiger partial charge in [0.1, 0.15) is 5.03 Å². The molecule has 0 aliphatic heterocycles. The number of alkyl halides is 3. The number of hydrogen-bond donors (Lipinski definition) is 2. The zero-order valence-corrected chi connectivity index (χ0v) is 14.4. The quantitative estimate of drug-likeness (QED) is 0.744. The molecule has 0 bridgehead atoms. The summed E-state index contributed by atoms with van der Waals surface area (Å²) in [5.74, 6) is -0.248. The van der Waals surface area contributed by atoms with Crippen molar-refractivity contribution >= 4 is 35.1 Å². The number of amides is 2. The van der Waals surface area contributed by atoms with Crippen molar-refractivity contribution in [1.82, 2.24) is 10.2 Å². The van der Waals surface area contributed by atoms with Gasteiger partial charge in [-0.3, -0.25) is 9.59 Å². The minimum absolute atomic E-state index is 0.0103. The molecule has 6 nitrogen and oxygen atoms in total. The fraction of sp³-hybridized carbons (Fsp3) is 0.250. The lowest BCUT2D eigenvalue weighted by molar-refractivity contribution is -0.137. The average molecular weight is 384 g/mol. The van der Waals surface area contributed by atoms with Crippen molar-refractivity contribution in [3.63, 3.8) is 0 Å². The molecular formula is C16H15F3N4O2S. The molecule has 0 aliphatic rings. The predicted octanol–water partition coefficient (Wildman–Crippen LogP) is 3.57. The molecule has 1 aromatic heterocycles. The Hall–Kier alpha value is -2.62. The highest BCUT2D eigenvalue weighted by atomic mass is 32.2. The van der Waals surface area contributed by atoms with Gasteiger partial charge in [0.15, 0.2) is 5.82 Å². The van der Waals surface area contributed by atoms with Crippen molar-refractivity contribution in [1.29, 1.82) is 0 Å². The first-order valence-electron chi connectivity index (χ1n) is 7.51. The lowest BCUT2D eigenvalue weighted by Gasteiger charge is -2.08. The molecule has 1 aromatic carbocycles. The van der Waals surface area contributed by atoms with Crippen molar-refractivity contribution in [3.05, 3.63) is 42.0 Å². The number of halogens is 3. The molecule has 0 atom stereocenters. The second-order valence-corrected chi connectivity index (χ2v) is 6.07. The van der Waals surface area contributed by atoms with Crippen LogP contribution in [0.25, 0.3) is 0 Å². The summed E-state index contributed by atoms with van der Waals surface area (Å²) in [5.41, 5.74) is -0.511. The van der Waals surface area contributed by atoms with Crippen LogP contribution in [0.4, 0.5) is 24.7 Å². The molecule has 0 radical (unpaired) electrons.